The molecule has 0 aliphatic rings. The van der Waals surface area contributed by atoms with Crippen molar-refractivity contribution in [2.24, 2.45) is 0 Å². The summed E-state index contributed by atoms with van der Waals surface area (Å²) >= 11 is 1.88. The minimum atomic E-state index is 0.683. The Labute approximate surface area is 262 Å². The lowest BCUT2D eigenvalue weighted by atomic mass is 9.98. The van der Waals surface area contributed by atoms with E-state index in [1.54, 1.807) is 0 Å². The van der Waals surface area contributed by atoms with Gasteiger partial charge < -0.3 is 0 Å². The van der Waals surface area contributed by atoms with Gasteiger partial charge in [0.15, 0.2) is 0 Å². The molecule has 4 heteroatoms. The second kappa shape index (κ2) is 9.21. The van der Waals surface area contributed by atoms with Crippen molar-refractivity contribution in [3.05, 3.63) is 139 Å². The molecule has 0 saturated heterocycles. The first-order valence-electron chi connectivity index (χ1n) is 15.3. The molecule has 3 heterocycles. The molecule has 0 unspecified atom stereocenters. The standard InChI is InChI=1S/C41H25N3S/c1-24-14-16-25(17-15-24)38-34-10-2-5-11-35(34)42-41(43-38)44-36-12-6-3-8-28(36)31-20-18-26-27-19-22-33-29-9-4-7-13-37(29)45-40(33)32(27)23-21-30(26)39(31)44/h2-23H,1H3. The molecule has 10 rings (SSSR count). The number of hydrogen-bond donors (Lipinski definition) is 0. The molecule has 0 saturated carbocycles. The molecule has 0 atom stereocenters. The molecule has 210 valence electrons. The molecule has 0 bridgehead atoms. The van der Waals surface area contributed by atoms with E-state index >= 15 is 0 Å². The fourth-order valence-electron chi connectivity index (χ4n) is 7.17. The van der Waals surface area contributed by atoms with Crippen LogP contribution in [0.1, 0.15) is 5.56 Å². The Morgan fingerprint density at radius 2 is 1.09 bits per heavy atom. The number of thiophene rings is 1. The van der Waals surface area contributed by atoms with Gasteiger partial charge in [0.25, 0.3) is 0 Å². The van der Waals surface area contributed by atoms with E-state index in [0.29, 0.717) is 5.95 Å². The highest BCUT2D eigenvalue weighted by Gasteiger charge is 2.20. The van der Waals surface area contributed by atoms with Crippen molar-refractivity contribution >= 4 is 85.8 Å². The maximum atomic E-state index is 5.33. The quantitative estimate of drug-likeness (QED) is 0.187. The highest BCUT2D eigenvalue weighted by molar-refractivity contribution is 7.26. The van der Waals surface area contributed by atoms with Crippen LogP contribution in [0, 0.1) is 6.92 Å². The normalized spacial score (nSPS) is 12.1. The van der Waals surface area contributed by atoms with Gasteiger partial charge in [0.2, 0.25) is 5.95 Å². The smallest absolute Gasteiger partial charge is 0.235 e. The molecule has 0 radical (unpaired) electrons. The lowest BCUT2D eigenvalue weighted by molar-refractivity contribution is 1.02. The van der Waals surface area contributed by atoms with Gasteiger partial charge in [0.1, 0.15) is 0 Å². The number of hydrogen-bond acceptors (Lipinski definition) is 3. The van der Waals surface area contributed by atoms with Crippen molar-refractivity contribution in [1.29, 1.82) is 0 Å². The van der Waals surface area contributed by atoms with Gasteiger partial charge in [-0.1, -0.05) is 121 Å². The second-order valence-electron chi connectivity index (χ2n) is 11.9. The molecule has 7 aromatic carbocycles. The number of para-hydroxylation sites is 2. The molecule has 45 heavy (non-hydrogen) atoms. The zero-order valence-electron chi connectivity index (χ0n) is 24.5. The summed E-state index contributed by atoms with van der Waals surface area (Å²) in [6.07, 6.45) is 0. The van der Waals surface area contributed by atoms with Crippen LogP contribution in [0.3, 0.4) is 0 Å². The predicted octanol–water partition coefficient (Wildman–Crippen LogP) is 11.4. The van der Waals surface area contributed by atoms with E-state index in [4.69, 9.17) is 9.97 Å². The molecule has 3 aromatic heterocycles. The fraction of sp³-hybridized carbons (Fsp3) is 0.0244. The van der Waals surface area contributed by atoms with Crippen LogP contribution in [0.25, 0.3) is 91.6 Å². The summed E-state index contributed by atoms with van der Waals surface area (Å²) in [5, 5.41) is 11.1. The average Bonchev–Trinajstić information content (AvgIpc) is 3.64. The van der Waals surface area contributed by atoms with Crippen LogP contribution in [0.4, 0.5) is 0 Å². The lowest BCUT2D eigenvalue weighted by Gasteiger charge is -2.13. The molecule has 10 aromatic rings. The summed E-state index contributed by atoms with van der Waals surface area (Å²) in [6.45, 7) is 2.12. The molecular formula is C41H25N3S. The van der Waals surface area contributed by atoms with Crippen LogP contribution in [-0.2, 0) is 0 Å². The van der Waals surface area contributed by atoms with E-state index in [9.17, 15) is 0 Å². The topological polar surface area (TPSA) is 30.7 Å². The van der Waals surface area contributed by atoms with E-state index in [1.165, 1.54) is 58.1 Å². The number of fused-ring (bicyclic) bond motifs is 12. The van der Waals surface area contributed by atoms with Crippen molar-refractivity contribution in [3.63, 3.8) is 0 Å². The Balaban J connectivity index is 1.33. The van der Waals surface area contributed by atoms with Gasteiger partial charge in [0.05, 0.1) is 22.2 Å². The van der Waals surface area contributed by atoms with Crippen LogP contribution < -0.4 is 0 Å². The fourth-order valence-corrected chi connectivity index (χ4v) is 8.40. The number of benzene rings is 7. The highest BCUT2D eigenvalue weighted by Crippen LogP contribution is 2.43. The monoisotopic (exact) mass is 591 g/mol. The van der Waals surface area contributed by atoms with Crippen LogP contribution >= 0.6 is 11.3 Å². The molecule has 3 nitrogen and oxygen atoms in total. The second-order valence-corrected chi connectivity index (χ2v) is 12.9. The molecule has 0 N–H and O–H groups in total. The number of aryl methyl sites for hydroxylation is 1. The van der Waals surface area contributed by atoms with Gasteiger partial charge in [-0.25, -0.2) is 9.97 Å². The van der Waals surface area contributed by atoms with E-state index in [-0.39, 0.29) is 0 Å². The van der Waals surface area contributed by atoms with Crippen molar-refractivity contribution in [2.45, 2.75) is 6.92 Å². The molecule has 0 amide bonds. The van der Waals surface area contributed by atoms with Crippen molar-refractivity contribution in [1.82, 2.24) is 14.5 Å². The van der Waals surface area contributed by atoms with E-state index in [2.05, 4.69) is 145 Å². The first-order valence-corrected chi connectivity index (χ1v) is 16.1. The van der Waals surface area contributed by atoms with Gasteiger partial charge >= 0.3 is 0 Å². The predicted molar refractivity (Wildman–Crippen MR) is 192 cm³/mol. The third-order valence-electron chi connectivity index (χ3n) is 9.28. The lowest BCUT2D eigenvalue weighted by Crippen LogP contribution is -2.03. The first-order chi connectivity index (χ1) is 22.2. The minimum absolute atomic E-state index is 0.683. The Morgan fingerprint density at radius 3 is 1.91 bits per heavy atom. The Morgan fingerprint density at radius 1 is 0.489 bits per heavy atom. The van der Waals surface area contributed by atoms with E-state index < -0.39 is 0 Å². The molecule has 0 fully saturated rings. The summed E-state index contributed by atoms with van der Waals surface area (Å²) in [5.41, 5.74) is 6.43. The van der Waals surface area contributed by atoms with Gasteiger partial charge in [-0.05, 0) is 35.9 Å². The zero-order chi connectivity index (χ0) is 29.6. The van der Waals surface area contributed by atoms with Gasteiger partial charge in [-0.15, -0.1) is 11.3 Å². The zero-order valence-corrected chi connectivity index (χ0v) is 25.3. The Bertz CT molecular complexity index is 2820. The Kier molecular flexibility index (Phi) is 5.08. The maximum absolute atomic E-state index is 5.33. The van der Waals surface area contributed by atoms with Gasteiger partial charge in [0, 0.05) is 52.7 Å². The molecule has 0 aliphatic heterocycles. The van der Waals surface area contributed by atoms with Crippen LogP contribution in [0.2, 0.25) is 0 Å². The maximum Gasteiger partial charge on any atom is 0.235 e. The van der Waals surface area contributed by atoms with E-state index in [1.807, 2.05) is 11.3 Å². The van der Waals surface area contributed by atoms with Crippen LogP contribution in [-0.4, -0.2) is 14.5 Å². The van der Waals surface area contributed by atoms with Gasteiger partial charge in [-0.3, -0.25) is 4.57 Å². The Hall–Kier alpha value is -5.58. The average molecular weight is 592 g/mol. The number of aromatic nitrogens is 3. The van der Waals surface area contributed by atoms with Gasteiger partial charge in [-0.2, -0.15) is 0 Å². The first kappa shape index (κ1) is 24.8. The summed E-state index contributed by atoms with van der Waals surface area (Å²) < 4.78 is 4.95. The number of nitrogens with zero attached hydrogens (tertiary/aromatic N) is 3. The highest BCUT2D eigenvalue weighted by atomic mass is 32.1. The van der Waals surface area contributed by atoms with Crippen molar-refractivity contribution < 1.29 is 0 Å². The molecule has 0 aliphatic carbocycles. The molecule has 0 spiro atoms. The SMILES string of the molecule is Cc1ccc(-c2nc(-n3c4ccccc4c4ccc5c6ccc7c8ccccc8sc7c6ccc5c43)nc3ccccc23)cc1. The largest absolute Gasteiger partial charge is 0.277 e. The molecular weight excluding hydrogens is 567 g/mol. The third-order valence-corrected chi connectivity index (χ3v) is 10.5. The summed E-state index contributed by atoms with van der Waals surface area (Å²) in [5.74, 6) is 0.683. The van der Waals surface area contributed by atoms with Crippen molar-refractivity contribution in [2.75, 3.05) is 0 Å². The van der Waals surface area contributed by atoms with E-state index in [0.717, 1.165) is 33.2 Å². The van der Waals surface area contributed by atoms with Crippen molar-refractivity contribution in [3.8, 4) is 17.2 Å². The van der Waals surface area contributed by atoms with Crippen LogP contribution in [0.15, 0.2) is 133 Å². The minimum Gasteiger partial charge on any atom is -0.277 e. The summed E-state index contributed by atoms with van der Waals surface area (Å²) in [4.78, 5) is 10.5. The summed E-state index contributed by atoms with van der Waals surface area (Å²) in [6, 6.07) is 48.1. The van der Waals surface area contributed by atoms with Crippen LogP contribution in [0.5, 0.6) is 0 Å². The third kappa shape index (κ3) is 3.51. The number of rotatable bonds is 2. The summed E-state index contributed by atoms with van der Waals surface area (Å²) in [7, 11) is 0.